The highest BCUT2D eigenvalue weighted by Crippen LogP contribution is 2.18. The SMILES string of the molecule is CCN1CCN(c2cc(CNC(C)c3ccc(Br)cc3)ccn2)CC1. The van der Waals surface area contributed by atoms with Crippen LogP contribution in [0.15, 0.2) is 47.1 Å². The zero-order chi connectivity index (χ0) is 17.6. The topological polar surface area (TPSA) is 31.4 Å². The van der Waals surface area contributed by atoms with Crippen LogP contribution < -0.4 is 10.2 Å². The van der Waals surface area contributed by atoms with Crippen LogP contribution in [0.2, 0.25) is 0 Å². The highest BCUT2D eigenvalue weighted by atomic mass is 79.9. The summed E-state index contributed by atoms with van der Waals surface area (Å²) in [6, 6.07) is 13.1. The molecule has 1 aromatic heterocycles. The number of hydrogen-bond acceptors (Lipinski definition) is 4. The highest BCUT2D eigenvalue weighted by molar-refractivity contribution is 9.10. The number of benzene rings is 1. The quantitative estimate of drug-likeness (QED) is 0.794. The van der Waals surface area contributed by atoms with Crippen LogP contribution >= 0.6 is 15.9 Å². The molecule has 1 aliphatic rings. The number of piperazine rings is 1. The van der Waals surface area contributed by atoms with E-state index in [1.165, 1.54) is 11.1 Å². The Kier molecular flexibility index (Phi) is 6.45. The van der Waals surface area contributed by atoms with Crippen molar-refractivity contribution in [1.29, 1.82) is 0 Å². The molecule has 4 nitrogen and oxygen atoms in total. The first-order valence-electron chi connectivity index (χ1n) is 9.07. The second-order valence-electron chi connectivity index (χ2n) is 6.60. The molecule has 1 aromatic carbocycles. The Bertz CT molecular complexity index is 666. The van der Waals surface area contributed by atoms with Gasteiger partial charge in [-0.15, -0.1) is 0 Å². The lowest BCUT2D eigenvalue weighted by Gasteiger charge is -2.34. The summed E-state index contributed by atoms with van der Waals surface area (Å²) in [6.45, 7) is 10.8. The fourth-order valence-electron chi connectivity index (χ4n) is 3.18. The molecule has 25 heavy (non-hydrogen) atoms. The van der Waals surface area contributed by atoms with E-state index in [-0.39, 0.29) is 0 Å². The van der Waals surface area contributed by atoms with Crippen molar-refractivity contribution < 1.29 is 0 Å². The molecule has 1 saturated heterocycles. The molecule has 1 unspecified atom stereocenters. The van der Waals surface area contributed by atoms with Gasteiger partial charge < -0.3 is 15.1 Å². The van der Waals surface area contributed by atoms with Crippen molar-refractivity contribution >= 4 is 21.7 Å². The molecule has 1 fully saturated rings. The molecule has 134 valence electrons. The second-order valence-corrected chi connectivity index (χ2v) is 7.51. The van der Waals surface area contributed by atoms with Crippen LogP contribution in [0.3, 0.4) is 0 Å². The average Bonchev–Trinajstić information content (AvgIpc) is 2.67. The summed E-state index contributed by atoms with van der Waals surface area (Å²) in [7, 11) is 0. The Balaban J connectivity index is 1.57. The lowest BCUT2D eigenvalue weighted by Crippen LogP contribution is -2.46. The van der Waals surface area contributed by atoms with Crippen molar-refractivity contribution in [3.05, 3.63) is 58.2 Å². The number of hydrogen-bond donors (Lipinski definition) is 1. The predicted octanol–water partition coefficient (Wildman–Crippen LogP) is 3.84. The lowest BCUT2D eigenvalue weighted by atomic mass is 10.1. The molecule has 0 aliphatic carbocycles. The molecule has 0 amide bonds. The van der Waals surface area contributed by atoms with Gasteiger partial charge in [-0.05, 0) is 48.9 Å². The van der Waals surface area contributed by atoms with Crippen LogP contribution in [0.1, 0.15) is 31.0 Å². The maximum absolute atomic E-state index is 4.58. The minimum absolute atomic E-state index is 0.317. The first kappa shape index (κ1) is 18.4. The molecule has 5 heteroatoms. The standard InChI is InChI=1S/C20H27BrN4/c1-3-24-10-12-25(13-11-24)20-14-17(8-9-22-20)15-23-16(2)18-4-6-19(21)7-5-18/h4-9,14,16,23H,3,10-13,15H2,1-2H3. The van der Waals surface area contributed by atoms with Crippen LogP contribution in [-0.2, 0) is 6.54 Å². The Hall–Kier alpha value is -1.43. The van der Waals surface area contributed by atoms with Crippen molar-refractivity contribution in [3.63, 3.8) is 0 Å². The van der Waals surface area contributed by atoms with E-state index in [1.54, 1.807) is 0 Å². The second kappa shape index (κ2) is 8.79. The van der Waals surface area contributed by atoms with Crippen molar-refractivity contribution in [1.82, 2.24) is 15.2 Å². The molecular weight excluding hydrogens is 376 g/mol. The van der Waals surface area contributed by atoms with E-state index in [1.807, 2.05) is 6.20 Å². The Morgan fingerprint density at radius 3 is 2.52 bits per heavy atom. The lowest BCUT2D eigenvalue weighted by molar-refractivity contribution is 0.270. The van der Waals surface area contributed by atoms with Gasteiger partial charge in [0, 0.05) is 49.4 Å². The predicted molar refractivity (Wildman–Crippen MR) is 108 cm³/mol. The van der Waals surface area contributed by atoms with Gasteiger partial charge in [0.2, 0.25) is 0 Å². The Morgan fingerprint density at radius 1 is 1.12 bits per heavy atom. The fourth-order valence-corrected chi connectivity index (χ4v) is 3.44. The highest BCUT2D eigenvalue weighted by Gasteiger charge is 2.16. The first-order chi connectivity index (χ1) is 12.2. The number of anilines is 1. The van der Waals surface area contributed by atoms with Crippen molar-refractivity contribution in [2.24, 2.45) is 0 Å². The zero-order valence-corrected chi connectivity index (χ0v) is 16.7. The molecule has 2 aromatic rings. The summed E-state index contributed by atoms with van der Waals surface area (Å²) < 4.78 is 1.12. The van der Waals surface area contributed by atoms with E-state index < -0.39 is 0 Å². The summed E-state index contributed by atoms with van der Waals surface area (Å²) in [6.07, 6.45) is 1.93. The number of nitrogens with zero attached hydrogens (tertiary/aromatic N) is 3. The van der Waals surface area contributed by atoms with E-state index in [9.17, 15) is 0 Å². The summed E-state index contributed by atoms with van der Waals surface area (Å²) in [4.78, 5) is 9.47. The molecule has 1 atom stereocenters. The molecule has 1 aliphatic heterocycles. The molecule has 0 radical (unpaired) electrons. The molecule has 0 spiro atoms. The third-order valence-electron chi connectivity index (χ3n) is 4.94. The van der Waals surface area contributed by atoms with Gasteiger partial charge in [0.25, 0.3) is 0 Å². The van der Waals surface area contributed by atoms with Gasteiger partial charge in [0.05, 0.1) is 0 Å². The van der Waals surface area contributed by atoms with Crippen molar-refractivity contribution in [2.75, 3.05) is 37.6 Å². The number of nitrogens with one attached hydrogen (secondary N) is 1. The van der Waals surface area contributed by atoms with Gasteiger partial charge in [0.1, 0.15) is 5.82 Å². The summed E-state index contributed by atoms with van der Waals surface area (Å²) in [5.74, 6) is 1.10. The fraction of sp³-hybridized carbons (Fsp3) is 0.450. The Labute approximate surface area is 159 Å². The first-order valence-corrected chi connectivity index (χ1v) is 9.86. The summed E-state index contributed by atoms with van der Waals surface area (Å²) >= 11 is 3.49. The van der Waals surface area contributed by atoms with E-state index in [0.717, 1.165) is 49.6 Å². The molecule has 2 heterocycles. The van der Waals surface area contributed by atoms with E-state index in [2.05, 4.69) is 86.3 Å². The molecule has 1 N–H and O–H groups in total. The van der Waals surface area contributed by atoms with Crippen LogP contribution in [0, 0.1) is 0 Å². The third-order valence-corrected chi connectivity index (χ3v) is 5.46. The smallest absolute Gasteiger partial charge is 0.128 e. The normalized spacial score (nSPS) is 16.8. The van der Waals surface area contributed by atoms with Gasteiger partial charge in [0.15, 0.2) is 0 Å². The van der Waals surface area contributed by atoms with Crippen molar-refractivity contribution in [2.45, 2.75) is 26.4 Å². The van der Waals surface area contributed by atoms with Crippen molar-refractivity contribution in [3.8, 4) is 0 Å². The maximum atomic E-state index is 4.58. The zero-order valence-electron chi connectivity index (χ0n) is 15.1. The molecular formula is C20H27BrN4. The monoisotopic (exact) mass is 402 g/mol. The largest absolute Gasteiger partial charge is 0.354 e. The van der Waals surface area contributed by atoms with Crippen LogP contribution in [-0.4, -0.2) is 42.6 Å². The maximum Gasteiger partial charge on any atom is 0.128 e. The molecule has 0 bridgehead atoms. The van der Waals surface area contributed by atoms with Gasteiger partial charge in [-0.1, -0.05) is 35.0 Å². The van der Waals surface area contributed by atoms with Crippen LogP contribution in [0.25, 0.3) is 0 Å². The van der Waals surface area contributed by atoms with E-state index in [0.29, 0.717) is 6.04 Å². The van der Waals surface area contributed by atoms with Gasteiger partial charge in [-0.2, -0.15) is 0 Å². The number of rotatable bonds is 6. The van der Waals surface area contributed by atoms with Gasteiger partial charge in [-0.3, -0.25) is 0 Å². The summed E-state index contributed by atoms with van der Waals surface area (Å²) in [5.41, 5.74) is 2.58. The van der Waals surface area contributed by atoms with E-state index >= 15 is 0 Å². The Morgan fingerprint density at radius 2 is 1.84 bits per heavy atom. The molecule has 0 saturated carbocycles. The number of pyridine rings is 1. The third kappa shape index (κ3) is 5.03. The number of likely N-dealkylation sites (N-methyl/N-ethyl adjacent to an activating group) is 1. The van der Waals surface area contributed by atoms with Crippen LogP contribution in [0.5, 0.6) is 0 Å². The number of halogens is 1. The average molecular weight is 403 g/mol. The number of aromatic nitrogens is 1. The minimum atomic E-state index is 0.317. The summed E-state index contributed by atoms with van der Waals surface area (Å²) in [5, 5.41) is 3.61. The minimum Gasteiger partial charge on any atom is -0.354 e. The molecule has 3 rings (SSSR count). The van der Waals surface area contributed by atoms with Gasteiger partial charge in [-0.25, -0.2) is 4.98 Å². The van der Waals surface area contributed by atoms with E-state index in [4.69, 9.17) is 0 Å². The van der Waals surface area contributed by atoms with Crippen LogP contribution in [0.4, 0.5) is 5.82 Å². The van der Waals surface area contributed by atoms with Gasteiger partial charge >= 0.3 is 0 Å².